The zero-order valence-corrected chi connectivity index (χ0v) is 9.61. The van der Waals surface area contributed by atoms with Gasteiger partial charge in [0.1, 0.15) is 0 Å². The molecule has 0 spiro atoms. The van der Waals surface area contributed by atoms with Gasteiger partial charge < -0.3 is 14.5 Å². The third-order valence-electron chi connectivity index (χ3n) is 3.00. The molecule has 2 rings (SSSR count). The molecule has 88 valence electrons. The Labute approximate surface area is 95.9 Å². The number of anilines is 1. The van der Waals surface area contributed by atoms with Crippen LogP contribution in [-0.2, 0) is 0 Å². The molecule has 0 aromatic heterocycles. The second-order valence-electron chi connectivity index (χ2n) is 4.00. The molecule has 1 aromatic carbocycles. The summed E-state index contributed by atoms with van der Waals surface area (Å²) in [7, 11) is 1.62. The van der Waals surface area contributed by atoms with Crippen molar-refractivity contribution in [2.75, 3.05) is 25.1 Å². The lowest BCUT2D eigenvalue weighted by Gasteiger charge is -2.29. The van der Waals surface area contributed by atoms with E-state index in [1.54, 1.807) is 7.11 Å². The van der Waals surface area contributed by atoms with Crippen LogP contribution in [0.25, 0.3) is 0 Å². The van der Waals surface area contributed by atoms with E-state index in [1.807, 2.05) is 18.2 Å². The van der Waals surface area contributed by atoms with Gasteiger partial charge in [0.25, 0.3) is 0 Å². The first-order valence-corrected chi connectivity index (χ1v) is 5.65. The lowest BCUT2D eigenvalue weighted by Crippen LogP contribution is -2.29. The van der Waals surface area contributed by atoms with E-state index in [-0.39, 0.29) is 0 Å². The van der Waals surface area contributed by atoms with Gasteiger partial charge >= 0.3 is 0 Å². The molecular weight excluding hydrogens is 204 g/mol. The average molecular weight is 222 g/mol. The molecule has 1 aliphatic heterocycles. The molecular formula is C12H18N2O2. The highest BCUT2D eigenvalue weighted by Crippen LogP contribution is 2.32. The number of nitrogens with two attached hydrogens (primary N) is 1. The number of piperidine rings is 1. The highest BCUT2D eigenvalue weighted by Gasteiger charge is 2.13. The normalized spacial score (nSPS) is 16.0. The summed E-state index contributed by atoms with van der Waals surface area (Å²) in [4.78, 5) is 7.10. The number of benzene rings is 1. The lowest BCUT2D eigenvalue weighted by molar-refractivity contribution is 0.306. The van der Waals surface area contributed by atoms with Crippen LogP contribution in [0.5, 0.6) is 11.5 Å². The fourth-order valence-corrected chi connectivity index (χ4v) is 2.10. The van der Waals surface area contributed by atoms with Crippen molar-refractivity contribution in [3.8, 4) is 11.5 Å². The largest absolute Gasteiger partial charge is 0.493 e. The van der Waals surface area contributed by atoms with Crippen LogP contribution in [0, 0.1) is 0 Å². The van der Waals surface area contributed by atoms with Crippen LogP contribution in [-0.4, -0.2) is 20.2 Å². The minimum Gasteiger partial charge on any atom is -0.493 e. The zero-order chi connectivity index (χ0) is 11.4. The third kappa shape index (κ3) is 2.22. The van der Waals surface area contributed by atoms with E-state index in [2.05, 4.69) is 4.90 Å². The molecule has 1 aliphatic rings. The van der Waals surface area contributed by atoms with Crippen LogP contribution < -0.4 is 20.4 Å². The molecule has 4 nitrogen and oxygen atoms in total. The monoisotopic (exact) mass is 222 g/mol. The first-order valence-electron chi connectivity index (χ1n) is 5.65. The SMILES string of the molecule is COc1cc(N2CCCCC2)ccc1ON. The summed E-state index contributed by atoms with van der Waals surface area (Å²) in [6.45, 7) is 2.23. The molecule has 0 saturated carbocycles. The number of hydrogen-bond acceptors (Lipinski definition) is 4. The number of hydrogen-bond donors (Lipinski definition) is 1. The second kappa shape index (κ2) is 5.07. The van der Waals surface area contributed by atoms with Crippen molar-refractivity contribution >= 4 is 5.69 Å². The van der Waals surface area contributed by atoms with Crippen molar-refractivity contribution in [1.82, 2.24) is 0 Å². The molecule has 1 aromatic rings. The molecule has 1 heterocycles. The summed E-state index contributed by atoms with van der Waals surface area (Å²) < 4.78 is 5.24. The summed E-state index contributed by atoms with van der Waals surface area (Å²) in [5, 5.41) is 0. The van der Waals surface area contributed by atoms with Crippen LogP contribution >= 0.6 is 0 Å². The van der Waals surface area contributed by atoms with E-state index < -0.39 is 0 Å². The first kappa shape index (κ1) is 11.1. The molecule has 16 heavy (non-hydrogen) atoms. The lowest BCUT2D eigenvalue weighted by atomic mass is 10.1. The molecule has 4 heteroatoms. The highest BCUT2D eigenvalue weighted by atomic mass is 16.6. The first-order chi connectivity index (χ1) is 7.85. The summed E-state index contributed by atoms with van der Waals surface area (Å²) in [5.41, 5.74) is 1.18. The number of methoxy groups -OCH3 is 1. The minimum absolute atomic E-state index is 0.572. The number of ether oxygens (including phenoxy) is 1. The van der Waals surface area contributed by atoms with Crippen molar-refractivity contribution in [1.29, 1.82) is 0 Å². The van der Waals surface area contributed by atoms with Crippen LogP contribution in [0.1, 0.15) is 19.3 Å². The second-order valence-corrected chi connectivity index (χ2v) is 4.00. The zero-order valence-electron chi connectivity index (χ0n) is 9.61. The van der Waals surface area contributed by atoms with Crippen LogP contribution in [0.3, 0.4) is 0 Å². The Kier molecular flexibility index (Phi) is 3.51. The Morgan fingerprint density at radius 1 is 1.12 bits per heavy atom. The predicted molar refractivity (Wildman–Crippen MR) is 63.9 cm³/mol. The van der Waals surface area contributed by atoms with Gasteiger partial charge in [0.2, 0.25) is 0 Å². The maximum Gasteiger partial charge on any atom is 0.188 e. The van der Waals surface area contributed by atoms with Crippen molar-refractivity contribution in [2.45, 2.75) is 19.3 Å². The molecule has 0 unspecified atom stereocenters. The Balaban J connectivity index is 2.20. The van der Waals surface area contributed by atoms with Gasteiger partial charge in [-0.05, 0) is 31.4 Å². The summed E-state index contributed by atoms with van der Waals surface area (Å²) in [6, 6.07) is 5.85. The number of rotatable bonds is 3. The highest BCUT2D eigenvalue weighted by molar-refractivity contribution is 5.56. The Morgan fingerprint density at radius 2 is 1.88 bits per heavy atom. The van der Waals surface area contributed by atoms with E-state index in [1.165, 1.54) is 24.9 Å². The molecule has 0 bridgehead atoms. The molecule has 0 aliphatic carbocycles. The van der Waals surface area contributed by atoms with Gasteiger partial charge in [-0.15, -0.1) is 0 Å². The predicted octanol–water partition coefficient (Wildman–Crippen LogP) is 1.94. The number of nitrogens with zero attached hydrogens (tertiary/aromatic N) is 1. The Morgan fingerprint density at radius 3 is 2.50 bits per heavy atom. The Bertz CT molecular complexity index is 349. The summed E-state index contributed by atoms with van der Waals surface area (Å²) in [6.07, 6.45) is 3.85. The van der Waals surface area contributed by atoms with Gasteiger partial charge in [0.15, 0.2) is 11.5 Å². The summed E-state index contributed by atoms with van der Waals surface area (Å²) >= 11 is 0. The van der Waals surface area contributed by atoms with E-state index in [4.69, 9.17) is 15.5 Å². The topological polar surface area (TPSA) is 47.7 Å². The van der Waals surface area contributed by atoms with E-state index in [0.29, 0.717) is 11.5 Å². The molecule has 1 fully saturated rings. The van der Waals surface area contributed by atoms with Gasteiger partial charge in [-0.2, -0.15) is 5.90 Å². The Hall–Kier alpha value is -1.42. The van der Waals surface area contributed by atoms with Crippen LogP contribution in [0.2, 0.25) is 0 Å². The van der Waals surface area contributed by atoms with Gasteiger partial charge in [0.05, 0.1) is 7.11 Å². The minimum atomic E-state index is 0.572. The fraction of sp³-hybridized carbons (Fsp3) is 0.500. The van der Waals surface area contributed by atoms with Crippen molar-refractivity contribution in [2.24, 2.45) is 5.90 Å². The molecule has 1 saturated heterocycles. The maximum atomic E-state index is 5.24. The molecule has 2 N–H and O–H groups in total. The molecule has 0 radical (unpaired) electrons. The van der Waals surface area contributed by atoms with Crippen molar-refractivity contribution < 1.29 is 9.57 Å². The maximum absolute atomic E-state index is 5.24. The van der Waals surface area contributed by atoms with Gasteiger partial charge in [-0.1, -0.05) is 0 Å². The van der Waals surface area contributed by atoms with Gasteiger partial charge in [-0.25, -0.2) is 0 Å². The van der Waals surface area contributed by atoms with Gasteiger partial charge in [-0.3, -0.25) is 0 Å². The van der Waals surface area contributed by atoms with E-state index >= 15 is 0 Å². The van der Waals surface area contributed by atoms with E-state index in [0.717, 1.165) is 13.1 Å². The fourth-order valence-electron chi connectivity index (χ4n) is 2.10. The third-order valence-corrected chi connectivity index (χ3v) is 3.00. The van der Waals surface area contributed by atoms with Gasteiger partial charge in [0, 0.05) is 24.8 Å². The smallest absolute Gasteiger partial charge is 0.188 e. The van der Waals surface area contributed by atoms with Crippen molar-refractivity contribution in [3.05, 3.63) is 18.2 Å². The van der Waals surface area contributed by atoms with Crippen molar-refractivity contribution in [3.63, 3.8) is 0 Å². The average Bonchev–Trinajstić information content (AvgIpc) is 2.39. The molecule has 0 amide bonds. The molecule has 0 atom stereocenters. The standard InChI is InChI=1S/C12H18N2O2/c1-15-12-9-10(5-6-11(12)16-13)14-7-3-2-4-8-14/h5-6,9H,2-4,7-8,13H2,1H3. The quantitative estimate of drug-likeness (QED) is 0.794. The van der Waals surface area contributed by atoms with Crippen LogP contribution in [0.4, 0.5) is 5.69 Å². The van der Waals surface area contributed by atoms with E-state index in [9.17, 15) is 0 Å². The van der Waals surface area contributed by atoms with Crippen LogP contribution in [0.15, 0.2) is 18.2 Å². The summed E-state index contributed by atoms with van der Waals surface area (Å²) in [5.74, 6) is 6.42.